The van der Waals surface area contributed by atoms with Crippen LogP contribution in [0.25, 0.3) is 0 Å². The highest BCUT2D eigenvalue weighted by Gasteiger charge is 2.30. The van der Waals surface area contributed by atoms with E-state index in [1.807, 2.05) is 30.3 Å². The fourth-order valence-electron chi connectivity index (χ4n) is 3.65. The molecule has 0 saturated heterocycles. The summed E-state index contributed by atoms with van der Waals surface area (Å²) in [6, 6.07) is 9.83. The van der Waals surface area contributed by atoms with Crippen LogP contribution in [-0.2, 0) is 17.7 Å². The number of ether oxygens (including phenoxy) is 4. The summed E-state index contributed by atoms with van der Waals surface area (Å²) < 4.78 is 22.1. The fourth-order valence-corrected chi connectivity index (χ4v) is 3.78. The molecule has 2 aliphatic heterocycles. The summed E-state index contributed by atoms with van der Waals surface area (Å²) in [6.45, 7) is 1.71. The maximum atomic E-state index is 5.92. The SMILES string of the molecule is COc1cc(CC2CC(CNCCc3ccc(Cl)cc3)=NO2)c(OC)c2c1OCO2. The number of methoxy groups -OCH3 is 2. The van der Waals surface area contributed by atoms with Crippen molar-refractivity contribution in [1.29, 1.82) is 0 Å². The van der Waals surface area contributed by atoms with Gasteiger partial charge in [0.05, 0.1) is 19.9 Å². The van der Waals surface area contributed by atoms with Crippen LogP contribution in [0.4, 0.5) is 0 Å². The molecule has 2 heterocycles. The smallest absolute Gasteiger partial charge is 0.231 e. The Labute approximate surface area is 180 Å². The van der Waals surface area contributed by atoms with Crippen LogP contribution in [0.3, 0.4) is 0 Å². The summed E-state index contributed by atoms with van der Waals surface area (Å²) in [6.07, 6.45) is 2.27. The molecule has 160 valence electrons. The molecule has 1 N–H and O–H groups in total. The van der Waals surface area contributed by atoms with Crippen LogP contribution in [0.5, 0.6) is 23.0 Å². The highest BCUT2D eigenvalue weighted by Crippen LogP contribution is 2.49. The Balaban J connectivity index is 1.29. The number of nitrogens with one attached hydrogen (secondary N) is 1. The molecule has 0 spiro atoms. The molecule has 0 fully saturated rings. The van der Waals surface area contributed by atoms with Gasteiger partial charge in [0.15, 0.2) is 11.5 Å². The topological polar surface area (TPSA) is 70.5 Å². The normalized spacial score (nSPS) is 16.9. The van der Waals surface area contributed by atoms with E-state index in [2.05, 4.69) is 10.5 Å². The first-order chi connectivity index (χ1) is 14.7. The minimum Gasteiger partial charge on any atom is -0.493 e. The Hall–Kier alpha value is -2.64. The van der Waals surface area contributed by atoms with E-state index in [1.54, 1.807) is 14.2 Å². The van der Waals surface area contributed by atoms with Gasteiger partial charge in [0, 0.05) is 30.0 Å². The lowest BCUT2D eigenvalue weighted by Gasteiger charge is -2.15. The molecule has 1 atom stereocenters. The minimum absolute atomic E-state index is 0.0583. The van der Waals surface area contributed by atoms with Crippen LogP contribution < -0.4 is 24.3 Å². The highest BCUT2D eigenvalue weighted by molar-refractivity contribution is 6.30. The maximum absolute atomic E-state index is 5.92. The van der Waals surface area contributed by atoms with Gasteiger partial charge in [-0.3, -0.25) is 0 Å². The van der Waals surface area contributed by atoms with Gasteiger partial charge in [-0.25, -0.2) is 0 Å². The lowest BCUT2D eigenvalue weighted by atomic mass is 10.0. The van der Waals surface area contributed by atoms with Crippen molar-refractivity contribution >= 4 is 17.3 Å². The summed E-state index contributed by atoms with van der Waals surface area (Å²) in [7, 11) is 3.23. The van der Waals surface area contributed by atoms with E-state index >= 15 is 0 Å². The number of nitrogens with zero attached hydrogens (tertiary/aromatic N) is 1. The number of benzene rings is 2. The quantitative estimate of drug-likeness (QED) is 0.610. The van der Waals surface area contributed by atoms with Crippen molar-refractivity contribution in [3.8, 4) is 23.0 Å². The van der Waals surface area contributed by atoms with Crippen molar-refractivity contribution in [1.82, 2.24) is 5.32 Å². The molecule has 0 bridgehead atoms. The molecule has 0 amide bonds. The number of hydrogen-bond acceptors (Lipinski definition) is 7. The predicted octanol–water partition coefficient (Wildman–Crippen LogP) is 3.61. The number of rotatable bonds is 9. The lowest BCUT2D eigenvalue weighted by Crippen LogP contribution is -2.25. The van der Waals surface area contributed by atoms with Crippen LogP contribution in [0.15, 0.2) is 35.5 Å². The first-order valence-corrected chi connectivity index (χ1v) is 10.3. The monoisotopic (exact) mass is 432 g/mol. The largest absolute Gasteiger partial charge is 0.493 e. The van der Waals surface area contributed by atoms with E-state index in [9.17, 15) is 0 Å². The van der Waals surface area contributed by atoms with Gasteiger partial charge in [-0.1, -0.05) is 28.9 Å². The molecule has 30 heavy (non-hydrogen) atoms. The number of hydrogen-bond donors (Lipinski definition) is 1. The van der Waals surface area contributed by atoms with Crippen LogP contribution in [0.2, 0.25) is 5.02 Å². The van der Waals surface area contributed by atoms with Crippen molar-refractivity contribution < 1.29 is 23.8 Å². The van der Waals surface area contributed by atoms with Crippen molar-refractivity contribution in [2.24, 2.45) is 5.16 Å². The van der Waals surface area contributed by atoms with E-state index in [0.717, 1.165) is 35.7 Å². The van der Waals surface area contributed by atoms with Gasteiger partial charge < -0.3 is 29.1 Å². The molecule has 2 aromatic rings. The van der Waals surface area contributed by atoms with E-state index < -0.39 is 0 Å². The third-order valence-electron chi connectivity index (χ3n) is 5.14. The summed E-state index contributed by atoms with van der Waals surface area (Å²) >= 11 is 5.92. The predicted molar refractivity (Wildman–Crippen MR) is 114 cm³/mol. The first kappa shape index (κ1) is 20.6. The van der Waals surface area contributed by atoms with E-state index in [0.29, 0.717) is 36.0 Å². The molecule has 8 heteroatoms. The molecule has 0 aromatic heterocycles. The molecule has 0 aliphatic carbocycles. The van der Waals surface area contributed by atoms with E-state index in [4.69, 9.17) is 35.4 Å². The van der Waals surface area contributed by atoms with Crippen LogP contribution in [0.1, 0.15) is 17.5 Å². The zero-order valence-corrected chi connectivity index (χ0v) is 17.8. The molecule has 0 saturated carbocycles. The molecular formula is C22H25ClN2O5. The zero-order valence-electron chi connectivity index (χ0n) is 17.1. The van der Waals surface area contributed by atoms with Gasteiger partial charge >= 0.3 is 0 Å². The maximum Gasteiger partial charge on any atom is 0.231 e. The van der Waals surface area contributed by atoms with Crippen molar-refractivity contribution in [3.05, 3.63) is 46.5 Å². The van der Waals surface area contributed by atoms with Gasteiger partial charge in [-0.2, -0.15) is 0 Å². The second kappa shape index (κ2) is 9.45. The van der Waals surface area contributed by atoms with Gasteiger partial charge in [0.1, 0.15) is 6.10 Å². The number of halogens is 1. The minimum atomic E-state index is -0.0583. The number of fused-ring (bicyclic) bond motifs is 1. The average molecular weight is 433 g/mol. The zero-order chi connectivity index (χ0) is 20.9. The van der Waals surface area contributed by atoms with E-state index in [1.165, 1.54) is 5.56 Å². The third kappa shape index (κ3) is 4.57. The molecule has 0 radical (unpaired) electrons. The molecular weight excluding hydrogens is 408 g/mol. The molecule has 2 aliphatic rings. The summed E-state index contributed by atoms with van der Waals surface area (Å²) in [5.74, 6) is 2.44. The summed E-state index contributed by atoms with van der Waals surface area (Å²) in [4.78, 5) is 5.66. The van der Waals surface area contributed by atoms with Crippen molar-refractivity contribution in [3.63, 3.8) is 0 Å². The van der Waals surface area contributed by atoms with E-state index in [-0.39, 0.29) is 12.9 Å². The fraction of sp³-hybridized carbons (Fsp3) is 0.409. The Morgan fingerprint density at radius 1 is 1.13 bits per heavy atom. The van der Waals surface area contributed by atoms with Crippen molar-refractivity contribution in [2.75, 3.05) is 34.1 Å². The highest BCUT2D eigenvalue weighted by atomic mass is 35.5. The second-order valence-corrected chi connectivity index (χ2v) is 7.62. The summed E-state index contributed by atoms with van der Waals surface area (Å²) in [5, 5.41) is 8.43. The summed E-state index contributed by atoms with van der Waals surface area (Å²) in [5.41, 5.74) is 3.19. The Morgan fingerprint density at radius 3 is 2.70 bits per heavy atom. The van der Waals surface area contributed by atoms with Crippen molar-refractivity contribution in [2.45, 2.75) is 25.4 Å². The van der Waals surface area contributed by atoms with Crippen LogP contribution in [-0.4, -0.2) is 45.9 Å². The van der Waals surface area contributed by atoms with Gasteiger partial charge in [-0.05, 0) is 36.7 Å². The lowest BCUT2D eigenvalue weighted by molar-refractivity contribution is 0.0853. The molecule has 2 aromatic carbocycles. The van der Waals surface area contributed by atoms with Gasteiger partial charge in [0.2, 0.25) is 18.3 Å². The first-order valence-electron chi connectivity index (χ1n) is 9.88. The second-order valence-electron chi connectivity index (χ2n) is 7.18. The average Bonchev–Trinajstić information content (AvgIpc) is 3.42. The van der Waals surface area contributed by atoms with Gasteiger partial charge in [-0.15, -0.1) is 0 Å². The Bertz CT molecular complexity index is 917. The third-order valence-corrected chi connectivity index (χ3v) is 5.39. The molecule has 4 rings (SSSR count). The van der Waals surface area contributed by atoms with Crippen LogP contribution >= 0.6 is 11.6 Å². The van der Waals surface area contributed by atoms with Gasteiger partial charge in [0.25, 0.3) is 0 Å². The Morgan fingerprint density at radius 2 is 1.93 bits per heavy atom. The number of oxime groups is 1. The van der Waals surface area contributed by atoms with Crippen LogP contribution in [0, 0.1) is 0 Å². The Kier molecular flexibility index (Phi) is 6.50. The molecule has 1 unspecified atom stereocenters. The standard InChI is InChI=1S/C22H25ClN2O5/c1-26-19-10-15(20(27-2)22-21(19)28-13-29-22)9-18-11-17(25-30-18)12-24-8-7-14-3-5-16(23)6-4-14/h3-6,10,18,24H,7-9,11-13H2,1-2H3. The molecule has 7 nitrogen and oxygen atoms in total.